The molecule has 7 nitrogen and oxygen atoms in total. The lowest BCUT2D eigenvalue weighted by molar-refractivity contribution is -0.139. The Morgan fingerprint density at radius 1 is 1.20 bits per heavy atom. The van der Waals surface area contributed by atoms with E-state index in [1.54, 1.807) is 59.0 Å². The Morgan fingerprint density at radius 2 is 1.76 bits per heavy atom. The monoisotopic (exact) mass is 350 g/mol. The lowest BCUT2D eigenvalue weighted by Crippen LogP contribution is -2.48. The molecule has 2 N–H and O–H groups in total. The molecule has 1 aromatic carbocycles. The third-order valence-electron chi connectivity index (χ3n) is 3.48. The van der Waals surface area contributed by atoms with Gasteiger partial charge >= 0.3 is 5.97 Å². The number of benzene rings is 1. The highest BCUT2D eigenvalue weighted by Crippen LogP contribution is 2.15. The number of rotatable bonds is 7. The van der Waals surface area contributed by atoms with Gasteiger partial charge in [-0.2, -0.15) is 0 Å². The van der Waals surface area contributed by atoms with E-state index in [0.717, 1.165) is 5.56 Å². The number of aliphatic carboxylic acids is 1. The Kier molecular flexibility index (Phi) is 6.97. The van der Waals surface area contributed by atoms with Crippen molar-refractivity contribution in [1.29, 1.82) is 0 Å². The predicted molar refractivity (Wildman–Crippen MR) is 93.1 cm³/mol. The SMILES string of the molecule is CC(NC(=O)C(C)(C)C)C(=O)N(C)Cc1ccc(OCC(=O)O)cc1. The molecule has 1 unspecified atom stereocenters. The standard InChI is InChI=1S/C18H26N2O5/c1-12(19-17(24)18(2,3)4)16(23)20(5)10-13-6-8-14(9-7-13)25-11-15(21)22/h6-9,12H,10-11H2,1-5H3,(H,19,24)(H,21,22). The number of nitrogens with zero attached hydrogens (tertiary/aromatic N) is 1. The van der Waals surface area contributed by atoms with Gasteiger partial charge in [-0.1, -0.05) is 32.9 Å². The molecule has 0 heterocycles. The van der Waals surface area contributed by atoms with E-state index < -0.39 is 24.0 Å². The third-order valence-corrected chi connectivity index (χ3v) is 3.48. The molecule has 0 saturated carbocycles. The summed E-state index contributed by atoms with van der Waals surface area (Å²) in [4.78, 5) is 36.3. The van der Waals surface area contributed by atoms with E-state index in [1.165, 1.54) is 4.90 Å². The predicted octanol–water partition coefficient (Wildman–Crippen LogP) is 1.66. The highest BCUT2D eigenvalue weighted by Gasteiger charge is 2.26. The molecule has 1 rings (SSSR count). The first-order chi connectivity index (χ1) is 11.5. The van der Waals surface area contributed by atoms with Gasteiger partial charge in [0.15, 0.2) is 6.61 Å². The van der Waals surface area contributed by atoms with E-state index in [9.17, 15) is 14.4 Å². The second kappa shape index (κ2) is 8.50. The van der Waals surface area contributed by atoms with E-state index in [-0.39, 0.29) is 11.8 Å². The fourth-order valence-corrected chi connectivity index (χ4v) is 1.99. The van der Waals surface area contributed by atoms with Gasteiger partial charge in [0, 0.05) is 19.0 Å². The zero-order valence-corrected chi connectivity index (χ0v) is 15.3. The maximum Gasteiger partial charge on any atom is 0.341 e. The largest absolute Gasteiger partial charge is 0.482 e. The van der Waals surface area contributed by atoms with Crippen molar-refractivity contribution in [3.8, 4) is 5.75 Å². The van der Waals surface area contributed by atoms with E-state index in [2.05, 4.69) is 5.32 Å². The van der Waals surface area contributed by atoms with Crippen LogP contribution in [0.4, 0.5) is 0 Å². The minimum Gasteiger partial charge on any atom is -0.482 e. The number of nitrogens with one attached hydrogen (secondary N) is 1. The Hall–Kier alpha value is -2.57. The van der Waals surface area contributed by atoms with Crippen molar-refractivity contribution in [2.45, 2.75) is 40.3 Å². The first kappa shape index (κ1) is 20.5. The lowest BCUT2D eigenvalue weighted by Gasteiger charge is -2.25. The molecule has 0 radical (unpaired) electrons. The lowest BCUT2D eigenvalue weighted by atomic mass is 9.95. The van der Waals surface area contributed by atoms with Gasteiger partial charge in [-0.15, -0.1) is 0 Å². The molecular weight excluding hydrogens is 324 g/mol. The van der Waals surface area contributed by atoms with Crippen molar-refractivity contribution in [2.75, 3.05) is 13.7 Å². The molecule has 2 amide bonds. The summed E-state index contributed by atoms with van der Waals surface area (Å²) in [7, 11) is 1.66. The summed E-state index contributed by atoms with van der Waals surface area (Å²) < 4.78 is 5.06. The van der Waals surface area contributed by atoms with E-state index in [1.807, 2.05) is 0 Å². The third kappa shape index (κ3) is 6.82. The van der Waals surface area contributed by atoms with Crippen LogP contribution in [-0.2, 0) is 20.9 Å². The molecule has 7 heteroatoms. The van der Waals surface area contributed by atoms with Gasteiger partial charge in [-0.25, -0.2) is 4.79 Å². The van der Waals surface area contributed by atoms with Crippen molar-refractivity contribution in [3.05, 3.63) is 29.8 Å². The summed E-state index contributed by atoms with van der Waals surface area (Å²) in [5, 5.41) is 11.3. The van der Waals surface area contributed by atoms with Gasteiger partial charge in [0.1, 0.15) is 11.8 Å². The minimum atomic E-state index is -1.04. The summed E-state index contributed by atoms with van der Waals surface area (Å²) in [5.41, 5.74) is 0.312. The number of carbonyl (C=O) groups excluding carboxylic acids is 2. The van der Waals surface area contributed by atoms with Crippen LogP contribution in [0.15, 0.2) is 24.3 Å². The highest BCUT2D eigenvalue weighted by molar-refractivity contribution is 5.89. The number of hydrogen-bond donors (Lipinski definition) is 2. The van der Waals surface area contributed by atoms with Gasteiger partial charge in [0.05, 0.1) is 0 Å². The van der Waals surface area contributed by atoms with Gasteiger partial charge < -0.3 is 20.1 Å². The molecule has 0 saturated heterocycles. The molecule has 0 aliphatic rings. The maximum absolute atomic E-state index is 12.4. The van der Waals surface area contributed by atoms with Crippen LogP contribution < -0.4 is 10.1 Å². The van der Waals surface area contributed by atoms with Crippen LogP contribution in [0.2, 0.25) is 0 Å². The Balaban J connectivity index is 2.59. The number of carboxylic acid groups (broad SMARTS) is 1. The average Bonchev–Trinajstić information content (AvgIpc) is 2.52. The first-order valence-corrected chi connectivity index (χ1v) is 8.00. The second-order valence-electron chi connectivity index (χ2n) is 6.97. The molecule has 0 fully saturated rings. The molecule has 138 valence electrons. The smallest absolute Gasteiger partial charge is 0.341 e. The number of hydrogen-bond acceptors (Lipinski definition) is 4. The Labute approximate surface area is 148 Å². The zero-order valence-electron chi connectivity index (χ0n) is 15.3. The summed E-state index contributed by atoms with van der Waals surface area (Å²) in [6.07, 6.45) is 0. The molecule has 0 aliphatic carbocycles. The molecule has 25 heavy (non-hydrogen) atoms. The number of amides is 2. The molecule has 0 aliphatic heterocycles. The topological polar surface area (TPSA) is 95.9 Å². The van der Waals surface area contributed by atoms with Crippen LogP contribution in [0.3, 0.4) is 0 Å². The Bertz CT molecular complexity index is 619. The van der Waals surface area contributed by atoms with Crippen LogP contribution in [0, 0.1) is 5.41 Å². The summed E-state index contributed by atoms with van der Waals surface area (Å²) in [6, 6.07) is 6.22. The van der Waals surface area contributed by atoms with Crippen molar-refractivity contribution >= 4 is 17.8 Å². The number of carbonyl (C=O) groups is 3. The summed E-state index contributed by atoms with van der Waals surface area (Å²) in [5.74, 6) is -0.961. The van der Waals surface area contributed by atoms with Crippen LogP contribution in [0.1, 0.15) is 33.3 Å². The molecule has 0 bridgehead atoms. The average molecular weight is 350 g/mol. The van der Waals surface area contributed by atoms with Crippen LogP contribution in [0.5, 0.6) is 5.75 Å². The van der Waals surface area contributed by atoms with Crippen molar-refractivity contribution in [2.24, 2.45) is 5.41 Å². The quantitative estimate of drug-likeness (QED) is 0.780. The number of likely N-dealkylation sites (N-methyl/N-ethyl adjacent to an activating group) is 1. The molecule has 0 aromatic heterocycles. The molecule has 0 spiro atoms. The fourth-order valence-electron chi connectivity index (χ4n) is 1.99. The number of carboxylic acids is 1. The summed E-state index contributed by atoms with van der Waals surface area (Å²) in [6.45, 7) is 6.99. The molecule has 1 atom stereocenters. The molecule has 1 aromatic rings. The fraction of sp³-hybridized carbons (Fsp3) is 0.500. The highest BCUT2D eigenvalue weighted by atomic mass is 16.5. The van der Waals surface area contributed by atoms with Gasteiger partial charge in [-0.3, -0.25) is 9.59 Å². The summed E-state index contributed by atoms with van der Waals surface area (Å²) >= 11 is 0. The minimum absolute atomic E-state index is 0.179. The van der Waals surface area contributed by atoms with E-state index in [0.29, 0.717) is 12.3 Å². The van der Waals surface area contributed by atoms with Crippen molar-refractivity contribution in [3.63, 3.8) is 0 Å². The van der Waals surface area contributed by atoms with Crippen LogP contribution in [-0.4, -0.2) is 47.5 Å². The van der Waals surface area contributed by atoms with Gasteiger partial charge in [-0.05, 0) is 24.6 Å². The van der Waals surface area contributed by atoms with Gasteiger partial charge in [0.2, 0.25) is 11.8 Å². The Morgan fingerprint density at radius 3 is 2.24 bits per heavy atom. The van der Waals surface area contributed by atoms with Crippen molar-refractivity contribution in [1.82, 2.24) is 10.2 Å². The zero-order chi connectivity index (χ0) is 19.2. The van der Waals surface area contributed by atoms with Crippen LogP contribution in [0.25, 0.3) is 0 Å². The number of ether oxygens (including phenoxy) is 1. The van der Waals surface area contributed by atoms with Gasteiger partial charge in [0.25, 0.3) is 0 Å². The normalized spacial score (nSPS) is 12.2. The molecular formula is C18H26N2O5. The van der Waals surface area contributed by atoms with Crippen molar-refractivity contribution < 1.29 is 24.2 Å². The van der Waals surface area contributed by atoms with E-state index >= 15 is 0 Å². The first-order valence-electron chi connectivity index (χ1n) is 8.00. The second-order valence-corrected chi connectivity index (χ2v) is 6.97. The van der Waals surface area contributed by atoms with E-state index in [4.69, 9.17) is 9.84 Å². The maximum atomic E-state index is 12.4. The van der Waals surface area contributed by atoms with Crippen LogP contribution >= 0.6 is 0 Å².